The molecule has 0 spiro atoms. The normalized spacial score (nSPS) is 30.0. The van der Waals surface area contributed by atoms with Crippen molar-refractivity contribution >= 4 is 12.1 Å². The largest absolute Gasteiger partial charge is 2.00 e. The molecule has 2 nitrogen and oxygen atoms in total. The molecule has 0 saturated heterocycles. The SMILES string of the molecule is O=C[C@H]1C[C@@H]1C(=O)[C]1[CH][CH][CH][CH]1.[CH]1[CH][CH][CH][CH]1.[Fe+2]. The van der Waals surface area contributed by atoms with Gasteiger partial charge in [-0.15, -0.1) is 0 Å². The summed E-state index contributed by atoms with van der Waals surface area (Å²) in [7, 11) is 0. The van der Waals surface area contributed by atoms with Crippen LogP contribution in [0.15, 0.2) is 0 Å². The summed E-state index contributed by atoms with van der Waals surface area (Å²) in [5.74, 6) is 0.832. The van der Waals surface area contributed by atoms with E-state index in [0.29, 0.717) is 0 Å². The van der Waals surface area contributed by atoms with Crippen molar-refractivity contribution in [3.05, 3.63) is 63.7 Å². The second-order valence-corrected chi connectivity index (χ2v) is 4.14. The van der Waals surface area contributed by atoms with Gasteiger partial charge in [0.15, 0.2) is 0 Å². The van der Waals surface area contributed by atoms with Gasteiger partial charge in [0.2, 0.25) is 0 Å². The Morgan fingerprint density at radius 3 is 1.89 bits per heavy atom. The maximum absolute atomic E-state index is 11.5. The Bertz CT molecular complexity index is 260. The Morgan fingerprint density at radius 2 is 1.50 bits per heavy atom. The van der Waals surface area contributed by atoms with E-state index >= 15 is 0 Å². The van der Waals surface area contributed by atoms with Crippen LogP contribution in [0.3, 0.4) is 0 Å². The summed E-state index contributed by atoms with van der Waals surface area (Å²) in [6.07, 6.45) is 18.9. The van der Waals surface area contributed by atoms with Crippen LogP contribution in [0, 0.1) is 75.5 Å². The molecule has 10 radical (unpaired) electrons. The summed E-state index contributed by atoms with van der Waals surface area (Å²) < 4.78 is 0. The van der Waals surface area contributed by atoms with E-state index in [1.165, 1.54) is 0 Å². The summed E-state index contributed by atoms with van der Waals surface area (Å²) in [6.45, 7) is 0. The third-order valence-electron chi connectivity index (χ3n) is 2.85. The number of carbonyl (C=O) groups is 2. The second-order valence-electron chi connectivity index (χ2n) is 4.14. The first-order chi connectivity index (χ1) is 8.33. The molecule has 3 heteroatoms. The molecule has 0 aromatic rings. The number of hydrogen-bond donors (Lipinski definition) is 0. The Kier molecular flexibility index (Phi) is 7.18. The fraction of sp³-hybridized carbons (Fsp3) is 0.200. The van der Waals surface area contributed by atoms with Gasteiger partial charge in [-0.3, -0.25) is 4.79 Å². The van der Waals surface area contributed by atoms with E-state index in [2.05, 4.69) is 0 Å². The van der Waals surface area contributed by atoms with Crippen LogP contribution in [-0.4, -0.2) is 12.1 Å². The molecule has 92 valence electrons. The van der Waals surface area contributed by atoms with Crippen LogP contribution in [0.25, 0.3) is 0 Å². The van der Waals surface area contributed by atoms with Crippen molar-refractivity contribution in [2.24, 2.45) is 11.8 Å². The number of carbonyl (C=O) groups excluding carboxylic acids is 2. The molecule has 0 unspecified atom stereocenters. The van der Waals surface area contributed by atoms with Crippen LogP contribution in [0.5, 0.6) is 0 Å². The van der Waals surface area contributed by atoms with Crippen molar-refractivity contribution in [2.75, 3.05) is 0 Å². The molecule has 3 aliphatic carbocycles. The fourth-order valence-corrected chi connectivity index (χ4v) is 1.74. The molecule has 3 aliphatic rings. The van der Waals surface area contributed by atoms with E-state index < -0.39 is 0 Å². The maximum Gasteiger partial charge on any atom is 2.00 e. The molecule has 0 N–H and O–H groups in total. The van der Waals surface area contributed by atoms with Gasteiger partial charge in [0, 0.05) is 17.8 Å². The number of ketones is 1. The number of rotatable bonds is 3. The van der Waals surface area contributed by atoms with Crippen molar-refractivity contribution in [3.8, 4) is 0 Å². The van der Waals surface area contributed by atoms with Gasteiger partial charge in [0.25, 0.3) is 0 Å². The van der Waals surface area contributed by atoms with E-state index in [1.807, 2.05) is 44.9 Å². The van der Waals surface area contributed by atoms with Crippen molar-refractivity contribution in [3.63, 3.8) is 0 Å². The molecule has 0 aliphatic heterocycles. The molecule has 3 saturated carbocycles. The van der Waals surface area contributed by atoms with E-state index in [-0.39, 0.29) is 34.7 Å². The minimum absolute atomic E-state index is 0. The van der Waals surface area contributed by atoms with Gasteiger partial charge in [-0.05, 0) is 64.2 Å². The molecule has 0 amide bonds. The van der Waals surface area contributed by atoms with Crippen molar-refractivity contribution in [2.45, 2.75) is 6.42 Å². The minimum Gasteiger partial charge on any atom is -0.303 e. The van der Waals surface area contributed by atoms with Crippen LogP contribution < -0.4 is 0 Å². The first kappa shape index (κ1) is 15.9. The summed E-state index contributed by atoms with van der Waals surface area (Å²) in [5, 5.41) is 0. The standard InChI is InChI=1S/C10H9O2.C5H5.Fe/c11-6-8-5-9(8)10(12)7-3-1-2-4-7;1-2-4-5-3-1;/h1-4,6,8-9H,5H2;1-5H;/q;;+2/t8-,9+;;/m1../s1. The Hall–Kier alpha value is -0.141. The zero-order valence-corrected chi connectivity index (χ0v) is 10.9. The molecule has 18 heavy (non-hydrogen) atoms. The van der Waals surface area contributed by atoms with Gasteiger partial charge < -0.3 is 4.79 Å². The summed E-state index contributed by atoms with van der Waals surface area (Å²) in [4.78, 5) is 21.8. The zero-order chi connectivity index (χ0) is 12.1. The molecular formula is C15H14FeO2+2. The summed E-state index contributed by atoms with van der Waals surface area (Å²) in [5.41, 5.74) is 0. The van der Waals surface area contributed by atoms with E-state index in [0.717, 1.165) is 18.6 Å². The van der Waals surface area contributed by atoms with E-state index in [9.17, 15) is 9.59 Å². The molecule has 0 aromatic heterocycles. The predicted molar refractivity (Wildman–Crippen MR) is 64.6 cm³/mol. The van der Waals surface area contributed by atoms with Crippen molar-refractivity contribution in [1.29, 1.82) is 0 Å². The van der Waals surface area contributed by atoms with Gasteiger partial charge in [0.1, 0.15) is 12.1 Å². The van der Waals surface area contributed by atoms with Crippen LogP contribution in [0.4, 0.5) is 0 Å². The monoisotopic (exact) mass is 282 g/mol. The topological polar surface area (TPSA) is 34.1 Å². The average Bonchev–Trinajstić information content (AvgIpc) is 2.85. The fourth-order valence-electron chi connectivity index (χ4n) is 1.74. The summed E-state index contributed by atoms with van der Waals surface area (Å²) >= 11 is 0. The smallest absolute Gasteiger partial charge is 0.303 e. The Labute approximate surface area is 121 Å². The van der Waals surface area contributed by atoms with Gasteiger partial charge in [-0.1, -0.05) is 0 Å². The minimum atomic E-state index is -0.0232. The molecule has 3 rings (SSSR count). The van der Waals surface area contributed by atoms with Gasteiger partial charge in [-0.25, -0.2) is 0 Å². The van der Waals surface area contributed by atoms with Gasteiger partial charge in [0.05, 0.1) is 0 Å². The second kappa shape index (κ2) is 8.12. The first-order valence-corrected chi connectivity index (χ1v) is 5.71. The van der Waals surface area contributed by atoms with E-state index in [4.69, 9.17) is 0 Å². The average molecular weight is 282 g/mol. The Morgan fingerprint density at radius 1 is 1.00 bits per heavy atom. The summed E-state index contributed by atoms with van der Waals surface area (Å²) in [6, 6.07) is 0. The molecule has 3 fully saturated rings. The van der Waals surface area contributed by atoms with Crippen LogP contribution in [0.1, 0.15) is 6.42 Å². The molecule has 0 heterocycles. The van der Waals surface area contributed by atoms with Crippen LogP contribution in [0.2, 0.25) is 0 Å². The molecule has 0 aromatic carbocycles. The van der Waals surface area contributed by atoms with Gasteiger partial charge >= 0.3 is 17.1 Å². The third kappa shape index (κ3) is 4.51. The number of Topliss-reactive ketones (excluding diaryl/α,β-unsaturated/α-hetero) is 1. The molecule has 0 bridgehead atoms. The Balaban J connectivity index is 0.000000230. The van der Waals surface area contributed by atoms with Crippen LogP contribution in [-0.2, 0) is 26.7 Å². The maximum atomic E-state index is 11.5. The number of hydrogen-bond acceptors (Lipinski definition) is 2. The predicted octanol–water partition coefficient (Wildman–Crippen LogP) is 1.81. The van der Waals surface area contributed by atoms with Crippen LogP contribution >= 0.6 is 0 Å². The van der Waals surface area contributed by atoms with Crippen molar-refractivity contribution < 1.29 is 26.7 Å². The third-order valence-corrected chi connectivity index (χ3v) is 2.85. The number of aldehydes is 1. The van der Waals surface area contributed by atoms with Gasteiger partial charge in [-0.2, -0.15) is 0 Å². The van der Waals surface area contributed by atoms with Crippen molar-refractivity contribution in [1.82, 2.24) is 0 Å². The first-order valence-electron chi connectivity index (χ1n) is 5.71. The molecular weight excluding hydrogens is 268 g/mol. The molecule has 2 atom stereocenters. The van der Waals surface area contributed by atoms with E-state index in [1.54, 1.807) is 12.8 Å². The zero-order valence-electron chi connectivity index (χ0n) is 9.81. The quantitative estimate of drug-likeness (QED) is 0.584.